The van der Waals surface area contributed by atoms with Crippen molar-refractivity contribution in [1.29, 1.82) is 0 Å². The molecule has 1 aliphatic rings. The normalized spacial score (nSPS) is 22.4. The highest BCUT2D eigenvalue weighted by Gasteiger charge is 2.66. The highest BCUT2D eigenvalue weighted by atomic mass is 19.4. The van der Waals surface area contributed by atoms with Gasteiger partial charge in [-0.1, -0.05) is 60.2 Å². The zero-order valence-corrected chi connectivity index (χ0v) is 18.0. The minimum Gasteiger partial charge on any atom is -0.457 e. The number of carbonyl (C=O) groups excluding carboxylic acids is 2. The lowest BCUT2D eigenvalue weighted by molar-refractivity contribution is -0.287. The Hall–Kier alpha value is -3.85. The van der Waals surface area contributed by atoms with Crippen molar-refractivity contribution in [3.63, 3.8) is 0 Å². The summed E-state index contributed by atoms with van der Waals surface area (Å²) in [5.74, 6) is -2.31. The minimum absolute atomic E-state index is 0.0297. The van der Waals surface area contributed by atoms with Crippen LogP contribution in [0.5, 0.6) is 11.5 Å². The van der Waals surface area contributed by atoms with E-state index in [2.05, 4.69) is 5.32 Å². The largest absolute Gasteiger partial charge is 0.457 e. The highest BCUT2D eigenvalue weighted by Crippen LogP contribution is 2.44. The molecule has 6 nitrogen and oxygen atoms in total. The quantitative estimate of drug-likeness (QED) is 0.464. The summed E-state index contributed by atoms with van der Waals surface area (Å²) in [5.41, 5.74) is -2.85. The molecular formula is C25H21F3N2O4. The van der Waals surface area contributed by atoms with Crippen LogP contribution in [0.15, 0.2) is 78.9 Å². The molecule has 3 N–H and O–H groups in total. The maximum atomic E-state index is 14.1. The molecule has 3 aromatic rings. The van der Waals surface area contributed by atoms with Gasteiger partial charge < -0.3 is 20.5 Å². The number of hydrogen-bond donors (Lipinski definition) is 3. The van der Waals surface area contributed by atoms with Crippen molar-refractivity contribution in [3.8, 4) is 11.5 Å². The molecule has 1 heterocycles. The predicted octanol–water partition coefficient (Wildman–Crippen LogP) is 4.89. The molecule has 0 bridgehead atoms. The van der Waals surface area contributed by atoms with Gasteiger partial charge in [0, 0.05) is 5.56 Å². The average molecular weight is 470 g/mol. The van der Waals surface area contributed by atoms with Crippen molar-refractivity contribution in [2.75, 3.05) is 0 Å². The third-order valence-corrected chi connectivity index (χ3v) is 5.62. The zero-order valence-electron chi connectivity index (χ0n) is 18.0. The third kappa shape index (κ3) is 4.47. The molecule has 1 fully saturated rings. The average Bonchev–Trinajstić information content (AvgIpc) is 2.79. The maximum Gasteiger partial charge on any atom is 0.437 e. The molecular weight excluding hydrogens is 449 g/mol. The first-order valence-corrected chi connectivity index (χ1v) is 10.4. The second-order valence-electron chi connectivity index (χ2n) is 8.04. The number of Topliss-reactive ketones (excluding diaryl/α,β-unsaturated/α-hetero) is 1. The molecule has 0 aromatic heterocycles. The highest BCUT2D eigenvalue weighted by molar-refractivity contribution is 6.00. The maximum absolute atomic E-state index is 14.1. The molecule has 1 saturated heterocycles. The Morgan fingerprint density at radius 2 is 1.62 bits per heavy atom. The smallest absolute Gasteiger partial charge is 0.437 e. The lowest BCUT2D eigenvalue weighted by atomic mass is 9.77. The van der Waals surface area contributed by atoms with Gasteiger partial charge in [-0.2, -0.15) is 13.2 Å². The van der Waals surface area contributed by atoms with Crippen molar-refractivity contribution in [2.24, 2.45) is 5.92 Å². The summed E-state index contributed by atoms with van der Waals surface area (Å²) < 4.78 is 48.0. The van der Waals surface area contributed by atoms with Crippen LogP contribution >= 0.6 is 0 Å². The Labute approximate surface area is 193 Å². The monoisotopic (exact) mass is 470 g/mol. The van der Waals surface area contributed by atoms with E-state index in [4.69, 9.17) is 4.74 Å². The van der Waals surface area contributed by atoms with Gasteiger partial charge in [0.05, 0.1) is 6.04 Å². The Morgan fingerprint density at radius 3 is 2.26 bits per heavy atom. The van der Waals surface area contributed by atoms with Gasteiger partial charge in [0.1, 0.15) is 17.4 Å². The molecule has 176 valence electrons. The Bertz CT molecular complexity index is 1200. The minimum atomic E-state index is -5.33. The van der Waals surface area contributed by atoms with Crippen LogP contribution in [0.2, 0.25) is 0 Å². The molecule has 9 heteroatoms. The van der Waals surface area contributed by atoms with Gasteiger partial charge in [0.2, 0.25) is 5.72 Å². The van der Waals surface area contributed by atoms with E-state index in [0.29, 0.717) is 5.75 Å². The van der Waals surface area contributed by atoms with Crippen molar-refractivity contribution in [3.05, 3.63) is 95.6 Å². The molecule has 2 amide bonds. The number of halogens is 3. The number of nitrogens with one attached hydrogen (secondary N) is 2. The van der Waals surface area contributed by atoms with Crippen LogP contribution < -0.4 is 15.4 Å². The molecule has 3 aromatic carbocycles. The Kier molecular flexibility index (Phi) is 6.05. The van der Waals surface area contributed by atoms with Crippen LogP contribution in [0, 0.1) is 12.8 Å². The van der Waals surface area contributed by atoms with Crippen molar-refractivity contribution in [2.45, 2.75) is 24.9 Å². The second kappa shape index (κ2) is 8.83. The van der Waals surface area contributed by atoms with E-state index in [9.17, 15) is 27.9 Å². The number of ether oxygens (including phenoxy) is 1. The topological polar surface area (TPSA) is 87.7 Å². The molecule has 0 spiro atoms. The van der Waals surface area contributed by atoms with E-state index >= 15 is 0 Å². The first-order chi connectivity index (χ1) is 16.1. The Morgan fingerprint density at radius 1 is 0.971 bits per heavy atom. The van der Waals surface area contributed by atoms with Crippen LogP contribution in [0.25, 0.3) is 0 Å². The van der Waals surface area contributed by atoms with E-state index in [0.717, 1.165) is 5.56 Å². The number of carbonyl (C=O) groups is 2. The van der Waals surface area contributed by atoms with E-state index in [1.807, 2.05) is 0 Å². The van der Waals surface area contributed by atoms with Crippen LogP contribution in [0.3, 0.4) is 0 Å². The molecule has 34 heavy (non-hydrogen) atoms. The van der Waals surface area contributed by atoms with Crippen LogP contribution in [0.1, 0.15) is 27.5 Å². The number of hydrogen-bond acceptors (Lipinski definition) is 4. The molecule has 1 aliphatic heterocycles. The van der Waals surface area contributed by atoms with Gasteiger partial charge in [0.25, 0.3) is 0 Å². The molecule has 3 atom stereocenters. The lowest BCUT2D eigenvalue weighted by Gasteiger charge is -2.45. The molecule has 0 radical (unpaired) electrons. The van der Waals surface area contributed by atoms with Crippen LogP contribution in [0.4, 0.5) is 18.0 Å². The van der Waals surface area contributed by atoms with E-state index in [-0.39, 0.29) is 16.9 Å². The molecule has 0 aliphatic carbocycles. The molecule has 4 rings (SSSR count). The first-order valence-electron chi connectivity index (χ1n) is 10.4. The number of aryl methyl sites for hydroxylation is 1. The van der Waals surface area contributed by atoms with Gasteiger partial charge >= 0.3 is 12.2 Å². The zero-order chi connectivity index (χ0) is 24.5. The standard InChI is InChI=1S/C25H21F3N2O4/c1-15-10-12-16(13-11-15)22(31)20-21(29-23(32)30-24(20,33)25(26,27)28)17-6-5-9-19(14-17)34-18-7-3-2-4-8-18/h2-14,20-21,33H,1H3,(H2,29,30,32)/t20-,21+,24+/m1/s1. The lowest BCUT2D eigenvalue weighted by Crippen LogP contribution is -2.72. The summed E-state index contributed by atoms with van der Waals surface area (Å²) in [7, 11) is 0. The fourth-order valence-electron chi connectivity index (χ4n) is 3.91. The fourth-order valence-corrected chi connectivity index (χ4v) is 3.91. The summed E-state index contributed by atoms with van der Waals surface area (Å²) in [5, 5.41) is 14.6. The van der Waals surface area contributed by atoms with Crippen LogP contribution in [-0.2, 0) is 0 Å². The van der Waals surface area contributed by atoms with Crippen molar-refractivity contribution < 1.29 is 32.6 Å². The number of alkyl halides is 3. The van der Waals surface area contributed by atoms with Gasteiger partial charge in [-0.25, -0.2) is 4.79 Å². The number of urea groups is 1. The number of rotatable bonds is 5. The summed E-state index contributed by atoms with van der Waals surface area (Å²) in [6.07, 6.45) is -5.33. The van der Waals surface area contributed by atoms with Gasteiger partial charge in [0.15, 0.2) is 5.78 Å². The number of amides is 2. The van der Waals surface area contributed by atoms with E-state index in [1.54, 1.807) is 55.5 Å². The van der Waals surface area contributed by atoms with Gasteiger partial charge in [-0.3, -0.25) is 4.79 Å². The fraction of sp³-hybridized carbons (Fsp3) is 0.200. The van der Waals surface area contributed by atoms with Crippen molar-refractivity contribution in [1.82, 2.24) is 10.6 Å². The number of aliphatic hydroxyl groups is 1. The second-order valence-corrected chi connectivity index (χ2v) is 8.04. The molecule has 0 saturated carbocycles. The summed E-state index contributed by atoms with van der Waals surface area (Å²) >= 11 is 0. The SMILES string of the molecule is Cc1ccc(C(=O)[C@H]2[C@H](c3cccc(Oc4ccccc4)c3)NC(=O)N[C@@]2(O)C(F)(F)F)cc1. The van der Waals surface area contributed by atoms with Gasteiger partial charge in [-0.05, 0) is 36.8 Å². The number of benzene rings is 3. The first kappa shape index (κ1) is 23.3. The van der Waals surface area contributed by atoms with Gasteiger partial charge in [-0.15, -0.1) is 0 Å². The Balaban J connectivity index is 1.78. The van der Waals surface area contributed by atoms with Crippen molar-refractivity contribution >= 4 is 11.8 Å². The number of ketones is 1. The van der Waals surface area contributed by atoms with Crippen LogP contribution in [-0.4, -0.2) is 28.8 Å². The summed E-state index contributed by atoms with van der Waals surface area (Å²) in [4.78, 5) is 25.6. The van der Waals surface area contributed by atoms with E-state index < -0.39 is 35.7 Å². The molecule has 0 unspecified atom stereocenters. The predicted molar refractivity (Wildman–Crippen MR) is 117 cm³/mol. The summed E-state index contributed by atoms with van der Waals surface area (Å²) in [6.45, 7) is 1.77. The third-order valence-electron chi connectivity index (χ3n) is 5.62. The number of para-hydroxylation sites is 1. The summed E-state index contributed by atoms with van der Waals surface area (Å²) in [6, 6.07) is 17.9. The van der Waals surface area contributed by atoms with E-state index in [1.165, 1.54) is 35.6 Å².